The van der Waals surface area contributed by atoms with E-state index < -0.39 is 12.9 Å². The lowest BCUT2D eigenvalue weighted by Crippen LogP contribution is -2.31. The van der Waals surface area contributed by atoms with Crippen molar-refractivity contribution in [1.29, 1.82) is 0 Å². The molecule has 0 radical (unpaired) electrons. The zero-order chi connectivity index (χ0) is 15.7. The van der Waals surface area contributed by atoms with E-state index >= 15 is 0 Å². The third kappa shape index (κ3) is 2.64. The van der Waals surface area contributed by atoms with E-state index in [9.17, 15) is 20.1 Å². The molecule has 7 heteroatoms. The van der Waals surface area contributed by atoms with Crippen LogP contribution in [0.2, 0.25) is 0 Å². The Morgan fingerprint density at radius 3 is 2.09 bits per heavy atom. The minimum Gasteiger partial charge on any atom is -0.508 e. The molecule has 0 saturated carbocycles. The third-order valence-electron chi connectivity index (χ3n) is 3.39. The molecular formula is C15H13BO6. The first-order valence-corrected chi connectivity index (χ1v) is 6.69. The average molecular weight is 300 g/mol. The smallest absolute Gasteiger partial charge is 0.494 e. The summed E-state index contributed by atoms with van der Waals surface area (Å²) in [6.07, 6.45) is 0. The highest BCUT2D eigenvalue weighted by Crippen LogP contribution is 2.27. The van der Waals surface area contributed by atoms with Crippen molar-refractivity contribution in [1.82, 2.24) is 0 Å². The van der Waals surface area contributed by atoms with Crippen molar-refractivity contribution in [2.75, 3.05) is 13.2 Å². The van der Waals surface area contributed by atoms with Crippen LogP contribution in [0.4, 0.5) is 0 Å². The molecule has 112 valence electrons. The first kappa shape index (κ1) is 14.4. The lowest BCUT2D eigenvalue weighted by Gasteiger charge is -2.09. The van der Waals surface area contributed by atoms with Crippen molar-refractivity contribution in [3.63, 3.8) is 0 Å². The minimum absolute atomic E-state index is 0.00536. The van der Waals surface area contributed by atoms with Crippen LogP contribution in [0.5, 0.6) is 17.2 Å². The lowest BCUT2D eigenvalue weighted by atomic mass is 9.78. The Labute approximate surface area is 126 Å². The molecule has 0 spiro atoms. The molecule has 1 aliphatic rings. The Kier molecular flexibility index (Phi) is 3.74. The monoisotopic (exact) mass is 300 g/mol. The number of rotatable bonds is 3. The van der Waals surface area contributed by atoms with E-state index in [2.05, 4.69) is 0 Å². The lowest BCUT2D eigenvalue weighted by molar-refractivity contribution is 0.103. The maximum absolute atomic E-state index is 12.4. The van der Waals surface area contributed by atoms with Gasteiger partial charge in [-0.25, -0.2) is 0 Å². The summed E-state index contributed by atoms with van der Waals surface area (Å²) in [5.41, 5.74) is 0.651. The fourth-order valence-electron chi connectivity index (χ4n) is 2.30. The van der Waals surface area contributed by atoms with E-state index in [1.807, 2.05) is 0 Å². The SMILES string of the molecule is O=C(c1ccc(O)cc1O)c1ccc(B2OCCO2)cc1O. The van der Waals surface area contributed by atoms with Crippen molar-refractivity contribution in [2.45, 2.75) is 0 Å². The number of carbonyl (C=O) groups is 1. The van der Waals surface area contributed by atoms with E-state index in [0.717, 1.165) is 6.07 Å². The number of hydrogen-bond acceptors (Lipinski definition) is 6. The Bertz CT molecular complexity index is 724. The molecule has 2 aromatic rings. The van der Waals surface area contributed by atoms with E-state index in [1.165, 1.54) is 24.3 Å². The largest absolute Gasteiger partial charge is 0.508 e. The van der Waals surface area contributed by atoms with Crippen LogP contribution in [0.15, 0.2) is 36.4 Å². The second-order valence-corrected chi connectivity index (χ2v) is 4.88. The van der Waals surface area contributed by atoms with E-state index in [-0.39, 0.29) is 28.4 Å². The molecule has 0 amide bonds. The highest BCUT2D eigenvalue weighted by molar-refractivity contribution is 6.61. The topological polar surface area (TPSA) is 96.2 Å². The quantitative estimate of drug-likeness (QED) is 0.572. The molecular weight excluding hydrogens is 287 g/mol. The van der Waals surface area contributed by atoms with Crippen molar-refractivity contribution in [3.8, 4) is 17.2 Å². The summed E-state index contributed by atoms with van der Waals surface area (Å²) in [4.78, 5) is 12.4. The second-order valence-electron chi connectivity index (χ2n) is 4.88. The van der Waals surface area contributed by atoms with Crippen molar-refractivity contribution in [2.24, 2.45) is 0 Å². The van der Waals surface area contributed by atoms with Gasteiger partial charge in [-0.3, -0.25) is 4.79 Å². The van der Waals surface area contributed by atoms with Crippen LogP contribution in [-0.2, 0) is 9.31 Å². The number of aromatic hydroxyl groups is 3. The van der Waals surface area contributed by atoms with Gasteiger partial charge in [0.1, 0.15) is 17.2 Å². The number of benzene rings is 2. The zero-order valence-electron chi connectivity index (χ0n) is 11.5. The van der Waals surface area contributed by atoms with Crippen molar-refractivity contribution < 1.29 is 29.4 Å². The van der Waals surface area contributed by atoms with E-state index in [1.54, 1.807) is 6.07 Å². The van der Waals surface area contributed by atoms with Gasteiger partial charge in [0.05, 0.1) is 24.3 Å². The molecule has 2 aromatic carbocycles. The fourth-order valence-corrected chi connectivity index (χ4v) is 2.30. The van der Waals surface area contributed by atoms with Crippen LogP contribution in [-0.4, -0.2) is 41.4 Å². The number of carbonyl (C=O) groups excluding carboxylic acids is 1. The van der Waals surface area contributed by atoms with Crippen LogP contribution in [0.1, 0.15) is 15.9 Å². The summed E-state index contributed by atoms with van der Waals surface area (Å²) in [7, 11) is -0.544. The van der Waals surface area contributed by atoms with E-state index in [4.69, 9.17) is 9.31 Å². The highest BCUT2D eigenvalue weighted by Gasteiger charge is 2.27. The minimum atomic E-state index is -0.546. The molecule has 0 bridgehead atoms. The van der Waals surface area contributed by atoms with Gasteiger partial charge in [0, 0.05) is 6.07 Å². The summed E-state index contributed by atoms with van der Waals surface area (Å²) in [5.74, 6) is -1.27. The van der Waals surface area contributed by atoms with Gasteiger partial charge in [-0.05, 0) is 29.7 Å². The van der Waals surface area contributed by atoms with Gasteiger partial charge in [-0.1, -0.05) is 6.07 Å². The number of phenolic OH excluding ortho intramolecular Hbond substituents is 3. The van der Waals surface area contributed by atoms with Gasteiger partial charge >= 0.3 is 7.12 Å². The van der Waals surface area contributed by atoms with Crippen molar-refractivity contribution >= 4 is 18.4 Å². The predicted molar refractivity (Wildman–Crippen MR) is 78.6 cm³/mol. The molecule has 6 nitrogen and oxygen atoms in total. The summed E-state index contributed by atoms with van der Waals surface area (Å²) < 4.78 is 10.7. The zero-order valence-corrected chi connectivity index (χ0v) is 11.5. The van der Waals surface area contributed by atoms with Gasteiger partial charge in [0.25, 0.3) is 0 Å². The van der Waals surface area contributed by atoms with Gasteiger partial charge in [0.15, 0.2) is 5.78 Å². The molecule has 0 aliphatic carbocycles. The van der Waals surface area contributed by atoms with Crippen LogP contribution >= 0.6 is 0 Å². The normalized spacial score (nSPS) is 14.3. The van der Waals surface area contributed by atoms with Crippen LogP contribution < -0.4 is 5.46 Å². The van der Waals surface area contributed by atoms with E-state index in [0.29, 0.717) is 18.7 Å². The number of hydrogen-bond donors (Lipinski definition) is 3. The first-order chi connectivity index (χ1) is 10.6. The summed E-state index contributed by atoms with van der Waals surface area (Å²) in [5, 5.41) is 29.1. The van der Waals surface area contributed by atoms with Gasteiger partial charge in [0.2, 0.25) is 0 Å². The Balaban J connectivity index is 1.92. The molecule has 0 aromatic heterocycles. The average Bonchev–Trinajstić information content (AvgIpc) is 3.00. The number of phenols is 3. The molecule has 3 rings (SSSR count). The second kappa shape index (κ2) is 5.71. The Morgan fingerprint density at radius 2 is 1.50 bits per heavy atom. The predicted octanol–water partition coefficient (Wildman–Crippen LogP) is 0.776. The molecule has 1 heterocycles. The van der Waals surface area contributed by atoms with Crippen molar-refractivity contribution in [3.05, 3.63) is 47.5 Å². The molecule has 0 atom stereocenters. The number of ketones is 1. The summed E-state index contributed by atoms with van der Waals surface area (Å²) in [6.45, 7) is 0.959. The molecule has 1 fully saturated rings. The maximum atomic E-state index is 12.4. The van der Waals surface area contributed by atoms with Crippen LogP contribution in [0.25, 0.3) is 0 Å². The Morgan fingerprint density at radius 1 is 0.909 bits per heavy atom. The summed E-state index contributed by atoms with van der Waals surface area (Å²) in [6, 6.07) is 8.13. The summed E-state index contributed by atoms with van der Waals surface area (Å²) >= 11 is 0. The van der Waals surface area contributed by atoms with Crippen LogP contribution in [0, 0.1) is 0 Å². The first-order valence-electron chi connectivity index (χ1n) is 6.69. The molecule has 0 unspecified atom stereocenters. The molecule has 1 saturated heterocycles. The molecule has 22 heavy (non-hydrogen) atoms. The van der Waals surface area contributed by atoms with Gasteiger partial charge < -0.3 is 24.6 Å². The Hall–Kier alpha value is -2.51. The van der Waals surface area contributed by atoms with Gasteiger partial charge in [-0.2, -0.15) is 0 Å². The standard InChI is InChI=1S/C15H13BO6/c17-10-2-4-12(14(19)8-10)15(20)11-3-1-9(7-13(11)18)16-21-5-6-22-16/h1-4,7-8,17-19H,5-6H2. The van der Waals surface area contributed by atoms with Crippen LogP contribution in [0.3, 0.4) is 0 Å². The van der Waals surface area contributed by atoms with Gasteiger partial charge in [-0.15, -0.1) is 0 Å². The third-order valence-corrected chi connectivity index (χ3v) is 3.39. The highest BCUT2D eigenvalue weighted by atomic mass is 16.6. The molecule has 3 N–H and O–H groups in total. The maximum Gasteiger partial charge on any atom is 0.494 e. The fraction of sp³-hybridized carbons (Fsp3) is 0.133. The molecule has 1 aliphatic heterocycles.